The van der Waals surface area contributed by atoms with Crippen molar-refractivity contribution in [1.82, 2.24) is 0 Å². The lowest BCUT2D eigenvalue weighted by molar-refractivity contribution is -0.145. The van der Waals surface area contributed by atoms with Crippen LogP contribution in [0.5, 0.6) is 11.5 Å². The fourth-order valence-electron chi connectivity index (χ4n) is 1.58. The number of hydrogen-bond acceptors (Lipinski definition) is 4. The molecule has 1 aromatic carbocycles. The van der Waals surface area contributed by atoms with Crippen LogP contribution in [0.1, 0.15) is 31.9 Å². The molecule has 0 saturated carbocycles. The van der Waals surface area contributed by atoms with E-state index in [-0.39, 0.29) is 6.04 Å². The quantitative estimate of drug-likeness (QED) is 0.809. The Hall–Kier alpha value is -1.75. The van der Waals surface area contributed by atoms with Gasteiger partial charge in [-0.1, -0.05) is 13.0 Å². The van der Waals surface area contributed by atoms with Gasteiger partial charge < -0.3 is 20.3 Å². The number of ether oxygens (including phenoxy) is 2. The van der Waals surface area contributed by atoms with Crippen LogP contribution in [0.25, 0.3) is 0 Å². The molecular formula is C13H19NO4. The zero-order valence-electron chi connectivity index (χ0n) is 10.8. The largest absolute Gasteiger partial charge is 0.497 e. The van der Waals surface area contributed by atoms with Gasteiger partial charge >= 0.3 is 5.97 Å². The van der Waals surface area contributed by atoms with Crippen LogP contribution in [0.15, 0.2) is 18.2 Å². The molecule has 0 radical (unpaired) electrons. The monoisotopic (exact) mass is 253 g/mol. The summed E-state index contributed by atoms with van der Waals surface area (Å²) in [5, 5.41) is 9.00. The first kappa shape index (κ1) is 14.3. The Morgan fingerprint density at radius 3 is 2.61 bits per heavy atom. The molecule has 1 unspecified atom stereocenters. The minimum Gasteiger partial charge on any atom is -0.497 e. The molecule has 0 aliphatic heterocycles. The Morgan fingerprint density at radius 1 is 1.50 bits per heavy atom. The third-order valence-corrected chi connectivity index (χ3v) is 2.63. The van der Waals surface area contributed by atoms with Gasteiger partial charge in [0.2, 0.25) is 0 Å². The van der Waals surface area contributed by atoms with E-state index < -0.39 is 12.1 Å². The summed E-state index contributed by atoms with van der Waals surface area (Å²) in [6.45, 7) is 3.57. The first-order chi connectivity index (χ1) is 8.49. The fraction of sp³-hybridized carbons (Fsp3) is 0.462. The standard InChI is InChI=1S/C13H19NO4/c1-4-11(13(15)16)18-12-7-9(17-3)5-6-10(12)8(2)14/h5-8,11H,4,14H2,1-3H3,(H,15,16)/t8-,11?/m0/s1. The van der Waals surface area contributed by atoms with Crippen molar-refractivity contribution in [3.05, 3.63) is 23.8 Å². The predicted molar refractivity (Wildman–Crippen MR) is 67.9 cm³/mol. The van der Waals surface area contributed by atoms with Gasteiger partial charge in [0.25, 0.3) is 0 Å². The number of carboxylic acid groups (broad SMARTS) is 1. The van der Waals surface area contributed by atoms with Crippen LogP contribution in [0, 0.1) is 0 Å². The lowest BCUT2D eigenvalue weighted by Gasteiger charge is -2.18. The topological polar surface area (TPSA) is 81.8 Å². The van der Waals surface area contributed by atoms with Gasteiger partial charge in [-0.25, -0.2) is 4.79 Å². The molecule has 0 heterocycles. The molecule has 0 amide bonds. The maximum Gasteiger partial charge on any atom is 0.344 e. The number of rotatable bonds is 6. The summed E-state index contributed by atoms with van der Waals surface area (Å²) in [6, 6.07) is 4.97. The first-order valence-electron chi connectivity index (χ1n) is 5.82. The third kappa shape index (κ3) is 3.37. The SMILES string of the molecule is CCC(Oc1cc(OC)ccc1[C@H](C)N)C(=O)O. The van der Waals surface area contributed by atoms with E-state index in [0.29, 0.717) is 17.9 Å². The highest BCUT2D eigenvalue weighted by molar-refractivity contribution is 5.72. The van der Waals surface area contributed by atoms with Crippen molar-refractivity contribution in [1.29, 1.82) is 0 Å². The minimum atomic E-state index is -0.990. The number of nitrogens with two attached hydrogens (primary N) is 1. The fourth-order valence-corrected chi connectivity index (χ4v) is 1.58. The zero-order valence-corrected chi connectivity index (χ0v) is 10.8. The molecule has 2 atom stereocenters. The highest BCUT2D eigenvalue weighted by Gasteiger charge is 2.19. The van der Waals surface area contributed by atoms with Gasteiger partial charge in [0.15, 0.2) is 6.10 Å². The van der Waals surface area contributed by atoms with Crippen LogP contribution in [0.4, 0.5) is 0 Å². The van der Waals surface area contributed by atoms with E-state index in [0.717, 1.165) is 5.56 Å². The maximum atomic E-state index is 11.0. The molecule has 18 heavy (non-hydrogen) atoms. The van der Waals surface area contributed by atoms with Crippen molar-refractivity contribution in [3.8, 4) is 11.5 Å². The van der Waals surface area contributed by atoms with E-state index in [1.165, 1.54) is 0 Å². The predicted octanol–water partition coefficient (Wildman–Crippen LogP) is 1.96. The molecule has 1 aromatic rings. The molecule has 3 N–H and O–H groups in total. The summed E-state index contributed by atoms with van der Waals surface area (Å²) in [6.07, 6.45) is -0.500. The number of carbonyl (C=O) groups is 1. The van der Waals surface area contributed by atoms with Gasteiger partial charge in [0.1, 0.15) is 11.5 Å². The second-order valence-corrected chi connectivity index (χ2v) is 4.05. The van der Waals surface area contributed by atoms with Gasteiger partial charge in [-0.15, -0.1) is 0 Å². The highest BCUT2D eigenvalue weighted by atomic mass is 16.5. The van der Waals surface area contributed by atoms with Crippen LogP contribution < -0.4 is 15.2 Å². The van der Waals surface area contributed by atoms with Crippen LogP contribution in [0.3, 0.4) is 0 Å². The number of methoxy groups -OCH3 is 1. The van der Waals surface area contributed by atoms with Crippen LogP contribution >= 0.6 is 0 Å². The van der Waals surface area contributed by atoms with Crippen LogP contribution in [-0.4, -0.2) is 24.3 Å². The van der Waals surface area contributed by atoms with E-state index >= 15 is 0 Å². The van der Waals surface area contributed by atoms with E-state index in [1.54, 1.807) is 32.2 Å². The van der Waals surface area contributed by atoms with Crippen LogP contribution in [-0.2, 0) is 4.79 Å². The molecule has 0 aromatic heterocycles. The number of aliphatic carboxylic acids is 1. The number of carboxylic acids is 1. The number of benzene rings is 1. The lowest BCUT2D eigenvalue weighted by atomic mass is 10.1. The minimum absolute atomic E-state index is 0.239. The molecule has 0 fully saturated rings. The van der Waals surface area contributed by atoms with Gasteiger partial charge in [0.05, 0.1) is 7.11 Å². The molecule has 100 valence electrons. The summed E-state index contributed by atoms with van der Waals surface area (Å²) in [5.74, 6) is 0.0733. The normalized spacial score (nSPS) is 13.8. The van der Waals surface area contributed by atoms with Crippen molar-refractivity contribution in [2.75, 3.05) is 7.11 Å². The van der Waals surface area contributed by atoms with Crippen molar-refractivity contribution < 1.29 is 19.4 Å². The Kier molecular flexibility index (Phi) is 4.97. The van der Waals surface area contributed by atoms with E-state index in [2.05, 4.69) is 0 Å². The van der Waals surface area contributed by atoms with Gasteiger partial charge in [-0.2, -0.15) is 0 Å². The molecule has 5 heteroatoms. The lowest BCUT2D eigenvalue weighted by Crippen LogP contribution is -2.26. The molecule has 0 aliphatic carbocycles. The first-order valence-corrected chi connectivity index (χ1v) is 5.82. The van der Waals surface area contributed by atoms with E-state index in [9.17, 15) is 4.79 Å². The summed E-state index contributed by atoms with van der Waals surface area (Å²) < 4.78 is 10.6. The Morgan fingerprint density at radius 2 is 2.17 bits per heavy atom. The second kappa shape index (κ2) is 6.26. The van der Waals surface area contributed by atoms with Crippen molar-refractivity contribution in [2.24, 2.45) is 5.73 Å². The maximum absolute atomic E-state index is 11.0. The van der Waals surface area contributed by atoms with Crippen LogP contribution in [0.2, 0.25) is 0 Å². The highest BCUT2D eigenvalue weighted by Crippen LogP contribution is 2.29. The molecule has 0 bridgehead atoms. The van der Waals surface area contributed by atoms with Gasteiger partial charge in [-0.3, -0.25) is 0 Å². The summed E-state index contributed by atoms with van der Waals surface area (Å²) in [4.78, 5) is 11.0. The van der Waals surface area contributed by atoms with Gasteiger partial charge in [0, 0.05) is 17.7 Å². The smallest absolute Gasteiger partial charge is 0.344 e. The molecular weight excluding hydrogens is 234 g/mol. The summed E-state index contributed by atoms with van der Waals surface area (Å²) in [7, 11) is 1.54. The third-order valence-electron chi connectivity index (χ3n) is 2.63. The molecule has 0 spiro atoms. The average molecular weight is 253 g/mol. The number of hydrogen-bond donors (Lipinski definition) is 2. The summed E-state index contributed by atoms with van der Waals surface area (Å²) >= 11 is 0. The molecule has 0 saturated heterocycles. The average Bonchev–Trinajstić information content (AvgIpc) is 2.34. The Bertz CT molecular complexity index is 417. The van der Waals surface area contributed by atoms with Crippen molar-refractivity contribution in [3.63, 3.8) is 0 Å². The summed E-state index contributed by atoms with van der Waals surface area (Å²) in [5.41, 5.74) is 6.59. The van der Waals surface area contributed by atoms with Crippen molar-refractivity contribution in [2.45, 2.75) is 32.4 Å². The van der Waals surface area contributed by atoms with E-state index in [1.807, 2.05) is 6.92 Å². The Labute approximate surface area is 107 Å². The second-order valence-electron chi connectivity index (χ2n) is 4.05. The Balaban J connectivity index is 3.07. The zero-order chi connectivity index (χ0) is 13.7. The van der Waals surface area contributed by atoms with Crippen molar-refractivity contribution >= 4 is 5.97 Å². The van der Waals surface area contributed by atoms with E-state index in [4.69, 9.17) is 20.3 Å². The molecule has 1 rings (SSSR count). The molecule has 5 nitrogen and oxygen atoms in total. The molecule has 0 aliphatic rings. The van der Waals surface area contributed by atoms with Gasteiger partial charge in [-0.05, 0) is 19.4 Å².